The van der Waals surface area contributed by atoms with Crippen LogP contribution in [0.4, 0.5) is 0 Å². The highest BCUT2D eigenvalue weighted by atomic mass is 32.1. The van der Waals surface area contributed by atoms with Gasteiger partial charge in [-0.15, -0.1) is 11.3 Å². The van der Waals surface area contributed by atoms with Gasteiger partial charge in [0, 0.05) is 22.7 Å². The molecule has 0 bridgehead atoms. The number of nitrogens with one attached hydrogen (secondary N) is 1. The van der Waals surface area contributed by atoms with Gasteiger partial charge in [0.15, 0.2) is 0 Å². The third-order valence-corrected chi connectivity index (χ3v) is 4.18. The van der Waals surface area contributed by atoms with Crippen LogP contribution in [0.25, 0.3) is 10.9 Å². The summed E-state index contributed by atoms with van der Waals surface area (Å²) in [6, 6.07) is 10.5. The second-order valence-corrected chi connectivity index (χ2v) is 5.69. The molecule has 2 aromatic heterocycles. The normalized spacial score (nSPS) is 12.7. The number of fused-ring (bicyclic) bond motifs is 1. The van der Waals surface area contributed by atoms with Crippen LogP contribution in [0, 0.1) is 6.92 Å². The highest BCUT2D eigenvalue weighted by molar-refractivity contribution is 7.11. The van der Waals surface area contributed by atoms with E-state index in [4.69, 9.17) is 0 Å². The Morgan fingerprint density at radius 1 is 1.16 bits per heavy atom. The standard InChI is InChI=1S/C15H15N3S/c1-10-18-9-14(19-10)15(16-2)12-5-3-7-13-11(12)6-4-8-17-13/h3-9,15-16H,1-2H3. The van der Waals surface area contributed by atoms with E-state index in [2.05, 4.69) is 33.5 Å². The number of thiazole rings is 1. The van der Waals surface area contributed by atoms with Crippen molar-refractivity contribution in [3.63, 3.8) is 0 Å². The Morgan fingerprint density at radius 2 is 2.05 bits per heavy atom. The molecule has 0 amide bonds. The first-order valence-electron chi connectivity index (χ1n) is 6.23. The Kier molecular flexibility index (Phi) is 3.27. The van der Waals surface area contributed by atoms with Gasteiger partial charge in [-0.25, -0.2) is 4.98 Å². The summed E-state index contributed by atoms with van der Waals surface area (Å²) in [5.74, 6) is 0. The average molecular weight is 269 g/mol. The predicted molar refractivity (Wildman–Crippen MR) is 79.5 cm³/mol. The molecule has 19 heavy (non-hydrogen) atoms. The van der Waals surface area contributed by atoms with Crippen molar-refractivity contribution < 1.29 is 0 Å². The highest BCUT2D eigenvalue weighted by Gasteiger charge is 2.16. The molecule has 0 aliphatic carbocycles. The van der Waals surface area contributed by atoms with Gasteiger partial charge in [0.05, 0.1) is 16.6 Å². The molecule has 96 valence electrons. The number of hydrogen-bond donors (Lipinski definition) is 1. The molecule has 0 radical (unpaired) electrons. The highest BCUT2D eigenvalue weighted by Crippen LogP contribution is 2.30. The van der Waals surface area contributed by atoms with Crippen LogP contribution in [0.1, 0.15) is 21.5 Å². The Morgan fingerprint density at radius 3 is 2.79 bits per heavy atom. The van der Waals surface area contributed by atoms with Crippen LogP contribution in [-0.2, 0) is 0 Å². The third kappa shape index (κ3) is 2.25. The van der Waals surface area contributed by atoms with Gasteiger partial charge < -0.3 is 5.32 Å². The summed E-state index contributed by atoms with van der Waals surface area (Å²) in [6.45, 7) is 2.03. The molecule has 1 atom stereocenters. The summed E-state index contributed by atoms with van der Waals surface area (Å²) in [5.41, 5.74) is 2.28. The van der Waals surface area contributed by atoms with Gasteiger partial charge >= 0.3 is 0 Å². The fraction of sp³-hybridized carbons (Fsp3) is 0.200. The van der Waals surface area contributed by atoms with Crippen LogP contribution < -0.4 is 5.32 Å². The zero-order valence-corrected chi connectivity index (χ0v) is 11.7. The van der Waals surface area contributed by atoms with Gasteiger partial charge in [-0.3, -0.25) is 4.98 Å². The molecule has 1 unspecified atom stereocenters. The van der Waals surface area contributed by atoms with Gasteiger partial charge in [-0.2, -0.15) is 0 Å². The number of aromatic nitrogens is 2. The van der Waals surface area contributed by atoms with E-state index in [1.54, 1.807) is 11.3 Å². The number of pyridine rings is 1. The van der Waals surface area contributed by atoms with Crippen LogP contribution in [0.3, 0.4) is 0 Å². The first-order chi connectivity index (χ1) is 9.29. The Hall–Kier alpha value is -1.78. The zero-order chi connectivity index (χ0) is 13.2. The van der Waals surface area contributed by atoms with Crippen LogP contribution >= 0.6 is 11.3 Å². The van der Waals surface area contributed by atoms with Crippen LogP contribution in [0.2, 0.25) is 0 Å². The average Bonchev–Trinajstić information content (AvgIpc) is 2.86. The lowest BCUT2D eigenvalue weighted by molar-refractivity contribution is 0.707. The summed E-state index contributed by atoms with van der Waals surface area (Å²) in [6.07, 6.45) is 3.79. The Balaban J connectivity index is 2.16. The van der Waals surface area contributed by atoms with Crippen LogP contribution in [0.5, 0.6) is 0 Å². The quantitative estimate of drug-likeness (QED) is 0.792. The van der Waals surface area contributed by atoms with Gasteiger partial charge in [-0.1, -0.05) is 18.2 Å². The van der Waals surface area contributed by atoms with E-state index >= 15 is 0 Å². The lowest BCUT2D eigenvalue weighted by Crippen LogP contribution is -2.16. The smallest absolute Gasteiger partial charge is 0.0897 e. The maximum absolute atomic E-state index is 4.42. The van der Waals surface area contributed by atoms with Crippen molar-refractivity contribution in [2.24, 2.45) is 0 Å². The van der Waals surface area contributed by atoms with E-state index in [1.165, 1.54) is 15.8 Å². The van der Waals surface area contributed by atoms with E-state index in [-0.39, 0.29) is 6.04 Å². The molecule has 1 aromatic carbocycles. The largest absolute Gasteiger partial charge is 0.309 e. The van der Waals surface area contributed by atoms with Crippen molar-refractivity contribution in [1.82, 2.24) is 15.3 Å². The number of nitrogens with zero attached hydrogens (tertiary/aromatic N) is 2. The lowest BCUT2D eigenvalue weighted by atomic mass is 10.0. The van der Waals surface area contributed by atoms with Crippen LogP contribution in [-0.4, -0.2) is 17.0 Å². The second kappa shape index (κ2) is 5.07. The van der Waals surface area contributed by atoms with Gasteiger partial charge in [0.2, 0.25) is 0 Å². The Labute approximate surface area is 116 Å². The minimum absolute atomic E-state index is 0.166. The van der Waals surface area contributed by atoms with E-state index in [1.807, 2.05) is 38.5 Å². The summed E-state index contributed by atoms with van der Waals surface area (Å²) in [4.78, 5) is 10.0. The summed E-state index contributed by atoms with van der Waals surface area (Å²) >= 11 is 1.73. The molecule has 3 aromatic rings. The molecule has 0 aliphatic rings. The number of benzene rings is 1. The molecule has 4 heteroatoms. The molecule has 3 nitrogen and oxygen atoms in total. The number of hydrogen-bond acceptors (Lipinski definition) is 4. The third-order valence-electron chi connectivity index (χ3n) is 3.20. The minimum atomic E-state index is 0.166. The van der Waals surface area contributed by atoms with Gasteiger partial charge in [0.1, 0.15) is 0 Å². The first kappa shape index (κ1) is 12.3. The molecule has 0 aliphatic heterocycles. The molecular formula is C15H15N3S. The van der Waals surface area contributed by atoms with E-state index in [0.29, 0.717) is 0 Å². The molecular weight excluding hydrogens is 254 g/mol. The minimum Gasteiger partial charge on any atom is -0.309 e. The molecule has 2 heterocycles. The predicted octanol–water partition coefficient (Wildman–Crippen LogP) is 3.31. The van der Waals surface area contributed by atoms with E-state index in [0.717, 1.165) is 10.5 Å². The van der Waals surface area contributed by atoms with E-state index in [9.17, 15) is 0 Å². The molecule has 3 rings (SSSR count). The zero-order valence-electron chi connectivity index (χ0n) is 10.9. The van der Waals surface area contributed by atoms with Crippen LogP contribution in [0.15, 0.2) is 42.7 Å². The Bertz CT molecular complexity index is 700. The molecule has 0 spiro atoms. The van der Waals surface area contributed by atoms with Crippen molar-refractivity contribution in [2.45, 2.75) is 13.0 Å². The first-order valence-corrected chi connectivity index (χ1v) is 7.04. The summed E-state index contributed by atoms with van der Waals surface area (Å²) < 4.78 is 0. The summed E-state index contributed by atoms with van der Waals surface area (Å²) in [7, 11) is 1.98. The SMILES string of the molecule is CNC(c1cnc(C)s1)c1cccc2ncccc12. The van der Waals surface area contributed by atoms with Crippen molar-refractivity contribution >= 4 is 22.2 Å². The fourth-order valence-electron chi connectivity index (χ4n) is 2.34. The molecule has 0 saturated heterocycles. The monoisotopic (exact) mass is 269 g/mol. The van der Waals surface area contributed by atoms with Crippen molar-refractivity contribution in [1.29, 1.82) is 0 Å². The topological polar surface area (TPSA) is 37.8 Å². The van der Waals surface area contributed by atoms with Gasteiger partial charge in [-0.05, 0) is 31.7 Å². The number of rotatable bonds is 3. The molecule has 1 N–H and O–H groups in total. The van der Waals surface area contributed by atoms with E-state index < -0.39 is 0 Å². The fourth-order valence-corrected chi connectivity index (χ4v) is 3.26. The van der Waals surface area contributed by atoms with Gasteiger partial charge in [0.25, 0.3) is 0 Å². The van der Waals surface area contributed by atoms with Crippen molar-refractivity contribution in [3.8, 4) is 0 Å². The summed E-state index contributed by atoms with van der Waals surface area (Å²) in [5, 5.41) is 5.66. The maximum Gasteiger partial charge on any atom is 0.0897 e. The molecule has 0 saturated carbocycles. The molecule has 0 fully saturated rings. The second-order valence-electron chi connectivity index (χ2n) is 4.42. The van der Waals surface area contributed by atoms with Crippen molar-refractivity contribution in [2.75, 3.05) is 7.05 Å². The lowest BCUT2D eigenvalue weighted by Gasteiger charge is -2.16. The number of aryl methyl sites for hydroxylation is 1. The van der Waals surface area contributed by atoms with Crippen molar-refractivity contribution in [3.05, 3.63) is 58.2 Å². The maximum atomic E-state index is 4.42.